The number of ether oxygens (including phenoxy) is 1. The number of hydrogen-bond acceptors (Lipinski definition) is 8. The summed E-state index contributed by atoms with van der Waals surface area (Å²) in [7, 11) is 1.31. The maximum atomic E-state index is 13.0. The van der Waals surface area contributed by atoms with Crippen molar-refractivity contribution in [3.05, 3.63) is 57.0 Å². The Balaban J connectivity index is 1.60. The van der Waals surface area contributed by atoms with Gasteiger partial charge in [0.05, 0.1) is 22.6 Å². The number of rotatable bonds is 6. The minimum atomic E-state index is -0.692. The van der Waals surface area contributed by atoms with E-state index in [1.165, 1.54) is 56.0 Å². The van der Waals surface area contributed by atoms with Crippen LogP contribution in [-0.4, -0.2) is 52.7 Å². The van der Waals surface area contributed by atoms with E-state index in [9.17, 15) is 20.0 Å². The van der Waals surface area contributed by atoms with E-state index in [1.807, 2.05) is 19.1 Å². The van der Waals surface area contributed by atoms with Crippen molar-refractivity contribution in [3.8, 4) is 11.5 Å². The number of methoxy groups -OCH3 is 1. The number of nitro benzene ring substituents is 1. The molecule has 34 heavy (non-hydrogen) atoms. The molecular formula is C24H26N4O5S. The van der Waals surface area contributed by atoms with Gasteiger partial charge in [0.1, 0.15) is 0 Å². The van der Waals surface area contributed by atoms with Crippen LogP contribution in [0, 0.1) is 10.1 Å². The Morgan fingerprint density at radius 2 is 1.91 bits per heavy atom. The summed E-state index contributed by atoms with van der Waals surface area (Å²) in [6, 6.07) is 10.7. The number of carbonyl (C=O) groups is 1. The van der Waals surface area contributed by atoms with Gasteiger partial charge in [-0.2, -0.15) is 0 Å². The summed E-state index contributed by atoms with van der Waals surface area (Å²) in [5.74, 6) is -0.817. The Kier molecular flexibility index (Phi) is 7.06. The summed E-state index contributed by atoms with van der Waals surface area (Å²) < 4.78 is 5.05. The molecular weight excluding hydrogens is 456 g/mol. The smallest absolute Gasteiger partial charge is 0.315 e. The quantitative estimate of drug-likeness (QED) is 0.353. The van der Waals surface area contributed by atoms with Crippen molar-refractivity contribution in [1.82, 2.24) is 4.90 Å². The summed E-state index contributed by atoms with van der Waals surface area (Å²) in [4.78, 5) is 32.6. The van der Waals surface area contributed by atoms with Crippen LogP contribution >= 0.6 is 11.8 Å². The first-order chi connectivity index (χ1) is 16.4. The highest BCUT2D eigenvalue weighted by Gasteiger charge is 2.32. The molecule has 178 valence electrons. The van der Waals surface area contributed by atoms with E-state index in [4.69, 9.17) is 4.74 Å². The number of thioether (sulfide) groups is 1. The predicted molar refractivity (Wildman–Crippen MR) is 134 cm³/mol. The monoisotopic (exact) mass is 482 g/mol. The predicted octanol–water partition coefficient (Wildman–Crippen LogP) is 4.92. The number of amides is 1. The Bertz CT molecular complexity index is 1160. The number of likely N-dealkylation sites (N-methyl/N-ethyl adjacent to an activating group) is 1. The van der Waals surface area contributed by atoms with Crippen molar-refractivity contribution in [1.29, 1.82) is 0 Å². The topological polar surface area (TPSA) is 109 Å². The first-order valence-corrected chi connectivity index (χ1v) is 11.9. The maximum absolute atomic E-state index is 13.0. The van der Waals surface area contributed by atoms with Gasteiger partial charge in [-0.15, -0.1) is 0 Å². The van der Waals surface area contributed by atoms with Gasteiger partial charge >= 0.3 is 5.69 Å². The third kappa shape index (κ3) is 4.86. The molecule has 0 radical (unpaired) electrons. The van der Waals surface area contributed by atoms with Gasteiger partial charge in [0, 0.05) is 31.4 Å². The minimum absolute atomic E-state index is 0.0356. The number of carbonyl (C=O) groups excluding carboxylic acids is 1. The van der Waals surface area contributed by atoms with Gasteiger partial charge in [0.15, 0.2) is 10.9 Å². The van der Waals surface area contributed by atoms with Crippen LogP contribution in [0.5, 0.6) is 11.5 Å². The minimum Gasteiger partial charge on any atom is -0.500 e. The summed E-state index contributed by atoms with van der Waals surface area (Å²) in [5, 5.41) is 21.8. The van der Waals surface area contributed by atoms with Crippen LogP contribution in [0.3, 0.4) is 0 Å². The van der Waals surface area contributed by atoms with Gasteiger partial charge in [-0.25, -0.2) is 4.99 Å². The number of hydrogen-bond donors (Lipinski definition) is 1. The molecule has 10 heteroatoms. The molecule has 2 aromatic rings. The first kappa shape index (κ1) is 23.6. The van der Waals surface area contributed by atoms with E-state index >= 15 is 0 Å². The second-order valence-electron chi connectivity index (χ2n) is 7.97. The lowest BCUT2D eigenvalue weighted by molar-refractivity contribution is -0.386. The molecule has 1 amide bonds. The van der Waals surface area contributed by atoms with E-state index in [0.717, 1.165) is 18.8 Å². The van der Waals surface area contributed by atoms with Crippen LogP contribution in [0.2, 0.25) is 0 Å². The Morgan fingerprint density at radius 1 is 1.21 bits per heavy atom. The normalized spacial score (nSPS) is 18.7. The van der Waals surface area contributed by atoms with Crippen molar-refractivity contribution in [2.45, 2.75) is 26.2 Å². The highest BCUT2D eigenvalue weighted by Crippen LogP contribution is 2.39. The molecule has 2 aliphatic rings. The van der Waals surface area contributed by atoms with Crippen molar-refractivity contribution < 1.29 is 19.6 Å². The summed E-state index contributed by atoms with van der Waals surface area (Å²) in [6.07, 6.45) is 5.24. The Hall–Kier alpha value is -3.53. The lowest BCUT2D eigenvalue weighted by atomic mass is 10.1. The summed E-state index contributed by atoms with van der Waals surface area (Å²) in [6.45, 7) is 4.43. The van der Waals surface area contributed by atoms with Crippen LogP contribution < -0.4 is 9.64 Å². The second kappa shape index (κ2) is 10.2. The fourth-order valence-electron chi connectivity index (χ4n) is 4.01. The van der Waals surface area contributed by atoms with Crippen molar-refractivity contribution in [2.75, 3.05) is 31.6 Å². The number of phenolic OH excluding ortho intramolecular Hbond substituents is 1. The fraction of sp³-hybridized carbons (Fsp3) is 0.333. The molecule has 0 atom stereocenters. The van der Waals surface area contributed by atoms with Crippen molar-refractivity contribution >= 4 is 46.0 Å². The molecule has 2 fully saturated rings. The molecule has 1 N–H and O–H groups in total. The number of phenols is 1. The van der Waals surface area contributed by atoms with Crippen molar-refractivity contribution in [2.24, 2.45) is 4.99 Å². The maximum Gasteiger partial charge on any atom is 0.315 e. The number of anilines is 1. The number of amidine groups is 1. The SMILES string of the molecule is CCN1C(=O)/C(=C/c2cc(OC)c(O)c([N+](=O)[O-])c2)SC1=Nc1ccc(N2CCCCC2)cc1. The number of aliphatic imine (C=N–C) groups is 1. The molecule has 0 aliphatic carbocycles. The van der Waals surface area contributed by atoms with Crippen LogP contribution in [0.25, 0.3) is 6.08 Å². The molecule has 0 unspecified atom stereocenters. The zero-order valence-electron chi connectivity index (χ0n) is 19.1. The average Bonchev–Trinajstić information content (AvgIpc) is 3.14. The van der Waals surface area contributed by atoms with Crippen LogP contribution in [0.4, 0.5) is 17.1 Å². The van der Waals surface area contributed by atoms with E-state index in [0.29, 0.717) is 22.2 Å². The van der Waals surface area contributed by atoms with Crippen LogP contribution in [-0.2, 0) is 4.79 Å². The molecule has 0 saturated carbocycles. The standard InChI is InChI=1S/C24H26N4O5S/c1-3-27-23(30)21(15-16-13-19(28(31)32)22(29)20(14-16)33-2)34-24(27)25-17-7-9-18(10-8-17)26-11-5-4-6-12-26/h7-10,13-15,29H,3-6,11-12H2,1-2H3/b21-15-,25-24?. The molecule has 0 bridgehead atoms. The van der Waals surface area contributed by atoms with Gasteiger partial charge in [-0.1, -0.05) is 0 Å². The third-order valence-electron chi connectivity index (χ3n) is 5.79. The average molecular weight is 483 g/mol. The second-order valence-corrected chi connectivity index (χ2v) is 8.98. The van der Waals surface area contributed by atoms with E-state index in [2.05, 4.69) is 22.0 Å². The molecule has 0 aromatic heterocycles. The number of benzene rings is 2. The third-order valence-corrected chi connectivity index (χ3v) is 6.80. The molecule has 9 nitrogen and oxygen atoms in total. The number of aromatic hydroxyl groups is 1. The number of nitrogens with zero attached hydrogens (tertiary/aromatic N) is 4. The number of piperidine rings is 1. The molecule has 2 aliphatic heterocycles. The Morgan fingerprint density at radius 3 is 2.53 bits per heavy atom. The lowest BCUT2D eigenvalue weighted by Gasteiger charge is -2.28. The molecule has 2 aromatic carbocycles. The highest BCUT2D eigenvalue weighted by atomic mass is 32.2. The van der Waals surface area contributed by atoms with Crippen LogP contribution in [0.15, 0.2) is 46.3 Å². The van der Waals surface area contributed by atoms with Gasteiger partial charge in [-0.05, 0) is 79.9 Å². The van der Waals surface area contributed by atoms with Gasteiger partial charge in [0.2, 0.25) is 5.75 Å². The van der Waals surface area contributed by atoms with Gasteiger partial charge < -0.3 is 14.7 Å². The molecule has 2 heterocycles. The number of nitro groups is 1. The van der Waals surface area contributed by atoms with Gasteiger partial charge in [0.25, 0.3) is 5.91 Å². The summed E-state index contributed by atoms with van der Waals surface area (Å²) >= 11 is 1.21. The summed E-state index contributed by atoms with van der Waals surface area (Å²) in [5.41, 5.74) is 1.81. The zero-order chi connectivity index (χ0) is 24.2. The molecule has 4 rings (SSSR count). The fourth-order valence-corrected chi connectivity index (χ4v) is 5.08. The lowest BCUT2D eigenvalue weighted by Crippen LogP contribution is -2.29. The molecule has 2 saturated heterocycles. The van der Waals surface area contributed by atoms with E-state index in [-0.39, 0.29) is 11.7 Å². The van der Waals surface area contributed by atoms with Gasteiger partial charge in [-0.3, -0.25) is 19.8 Å². The highest BCUT2D eigenvalue weighted by molar-refractivity contribution is 8.18. The van der Waals surface area contributed by atoms with E-state index < -0.39 is 16.4 Å². The Labute approximate surface area is 201 Å². The first-order valence-electron chi connectivity index (χ1n) is 11.1. The van der Waals surface area contributed by atoms with Crippen molar-refractivity contribution in [3.63, 3.8) is 0 Å². The zero-order valence-corrected chi connectivity index (χ0v) is 19.9. The molecule has 0 spiro atoms. The van der Waals surface area contributed by atoms with Crippen LogP contribution in [0.1, 0.15) is 31.7 Å². The largest absolute Gasteiger partial charge is 0.500 e. The van der Waals surface area contributed by atoms with E-state index in [1.54, 1.807) is 11.0 Å².